The van der Waals surface area contributed by atoms with Gasteiger partial charge in [0.15, 0.2) is 11.5 Å². The highest BCUT2D eigenvalue weighted by molar-refractivity contribution is 5.43. The molecule has 4 heteroatoms. The maximum absolute atomic E-state index is 5.97. The van der Waals surface area contributed by atoms with Gasteiger partial charge in [0.2, 0.25) is 0 Å². The molecule has 1 N–H and O–H groups in total. The van der Waals surface area contributed by atoms with Crippen LogP contribution in [-0.4, -0.2) is 37.7 Å². The number of likely N-dealkylation sites (tertiary alicyclic amines) is 1. The Balaban J connectivity index is 1.53. The number of methoxy groups -OCH3 is 1. The van der Waals surface area contributed by atoms with E-state index >= 15 is 0 Å². The van der Waals surface area contributed by atoms with E-state index in [9.17, 15) is 0 Å². The van der Waals surface area contributed by atoms with Gasteiger partial charge in [0, 0.05) is 19.1 Å². The molecule has 1 saturated heterocycles. The first-order valence-electron chi connectivity index (χ1n) is 9.99. The lowest BCUT2D eigenvalue weighted by atomic mass is 10.1. The zero-order chi connectivity index (χ0) is 19.1. The van der Waals surface area contributed by atoms with Crippen LogP contribution in [0.5, 0.6) is 11.5 Å². The van der Waals surface area contributed by atoms with Crippen LogP contribution in [0.4, 0.5) is 0 Å². The number of nitrogens with one attached hydrogen (secondary N) is 1. The molecule has 1 fully saturated rings. The average Bonchev–Trinajstić information content (AvgIpc) is 3.15. The number of hydrogen-bond donors (Lipinski definition) is 1. The minimum absolute atomic E-state index is 0.544. The molecule has 0 radical (unpaired) electrons. The minimum Gasteiger partial charge on any atom is -0.493 e. The van der Waals surface area contributed by atoms with E-state index in [-0.39, 0.29) is 0 Å². The minimum atomic E-state index is 0.544. The largest absolute Gasteiger partial charge is 0.493 e. The summed E-state index contributed by atoms with van der Waals surface area (Å²) in [6.07, 6.45) is 2.62. The van der Waals surface area contributed by atoms with E-state index in [0.29, 0.717) is 12.6 Å². The van der Waals surface area contributed by atoms with Crippen LogP contribution < -0.4 is 14.8 Å². The second-order valence-electron chi connectivity index (χ2n) is 7.32. The molecule has 2 aromatic carbocycles. The molecular formula is C23H32N2O2. The van der Waals surface area contributed by atoms with Crippen molar-refractivity contribution in [2.24, 2.45) is 0 Å². The van der Waals surface area contributed by atoms with Gasteiger partial charge in [0.1, 0.15) is 6.61 Å². The van der Waals surface area contributed by atoms with E-state index in [1.807, 2.05) is 6.07 Å². The summed E-state index contributed by atoms with van der Waals surface area (Å²) in [5, 5.41) is 3.60. The molecule has 4 nitrogen and oxygen atoms in total. The van der Waals surface area contributed by atoms with Gasteiger partial charge in [0.25, 0.3) is 0 Å². The fourth-order valence-corrected chi connectivity index (χ4v) is 3.71. The second kappa shape index (κ2) is 9.77. The molecule has 0 spiro atoms. The molecule has 0 aromatic heterocycles. The third-order valence-corrected chi connectivity index (χ3v) is 5.36. The molecule has 0 aliphatic carbocycles. The fraction of sp³-hybridized carbons (Fsp3) is 0.478. The molecule has 146 valence electrons. The topological polar surface area (TPSA) is 33.7 Å². The van der Waals surface area contributed by atoms with Crippen molar-refractivity contribution < 1.29 is 9.47 Å². The number of hydrogen-bond acceptors (Lipinski definition) is 4. The Labute approximate surface area is 163 Å². The Bertz CT molecular complexity index is 715. The molecule has 1 aliphatic rings. The predicted octanol–water partition coefficient (Wildman–Crippen LogP) is 4.16. The molecule has 3 rings (SSSR count). The van der Waals surface area contributed by atoms with Crippen LogP contribution in [0.25, 0.3) is 0 Å². The van der Waals surface area contributed by atoms with Crippen molar-refractivity contribution in [1.29, 1.82) is 0 Å². The van der Waals surface area contributed by atoms with Gasteiger partial charge in [-0.1, -0.05) is 42.8 Å². The summed E-state index contributed by atoms with van der Waals surface area (Å²) in [7, 11) is 1.70. The third kappa shape index (κ3) is 5.47. The Hall–Kier alpha value is -2.04. The smallest absolute Gasteiger partial charge is 0.161 e. The zero-order valence-corrected chi connectivity index (χ0v) is 16.8. The summed E-state index contributed by atoms with van der Waals surface area (Å²) in [6, 6.07) is 15.3. The van der Waals surface area contributed by atoms with Gasteiger partial charge in [-0.25, -0.2) is 0 Å². The monoisotopic (exact) mass is 368 g/mol. The highest BCUT2D eigenvalue weighted by Crippen LogP contribution is 2.29. The number of likely N-dealkylation sites (N-methyl/N-ethyl adjacent to an activating group) is 1. The maximum atomic E-state index is 5.97. The first-order valence-corrected chi connectivity index (χ1v) is 9.99. The number of nitrogens with zero attached hydrogens (tertiary/aromatic N) is 1. The second-order valence-corrected chi connectivity index (χ2v) is 7.32. The Morgan fingerprint density at radius 2 is 1.85 bits per heavy atom. The maximum Gasteiger partial charge on any atom is 0.161 e. The SMILES string of the molecule is CCN1CCCC1CNCc1ccc(OCc2ccc(C)cc2)c(OC)c1. The highest BCUT2D eigenvalue weighted by atomic mass is 16.5. The number of rotatable bonds is 9. The molecule has 1 atom stereocenters. The summed E-state index contributed by atoms with van der Waals surface area (Å²) < 4.78 is 11.5. The Morgan fingerprint density at radius 3 is 2.59 bits per heavy atom. The van der Waals surface area contributed by atoms with Crippen LogP contribution in [0.1, 0.15) is 36.5 Å². The molecule has 0 amide bonds. The van der Waals surface area contributed by atoms with E-state index in [4.69, 9.17) is 9.47 Å². The Kier molecular flexibility index (Phi) is 7.13. The molecule has 1 unspecified atom stereocenters. The molecule has 0 saturated carbocycles. The number of benzene rings is 2. The van der Waals surface area contributed by atoms with Crippen molar-refractivity contribution in [3.63, 3.8) is 0 Å². The third-order valence-electron chi connectivity index (χ3n) is 5.36. The highest BCUT2D eigenvalue weighted by Gasteiger charge is 2.22. The first-order chi connectivity index (χ1) is 13.2. The van der Waals surface area contributed by atoms with Crippen LogP contribution >= 0.6 is 0 Å². The summed E-state index contributed by atoms with van der Waals surface area (Å²) >= 11 is 0. The fourth-order valence-electron chi connectivity index (χ4n) is 3.71. The number of aryl methyl sites for hydroxylation is 1. The van der Waals surface area contributed by atoms with Crippen LogP contribution in [0.15, 0.2) is 42.5 Å². The van der Waals surface area contributed by atoms with Crippen LogP contribution in [-0.2, 0) is 13.2 Å². The van der Waals surface area contributed by atoms with Crippen molar-refractivity contribution in [3.05, 3.63) is 59.2 Å². The van der Waals surface area contributed by atoms with Gasteiger partial charge >= 0.3 is 0 Å². The molecular weight excluding hydrogens is 336 g/mol. The van der Waals surface area contributed by atoms with Crippen molar-refractivity contribution in [1.82, 2.24) is 10.2 Å². The van der Waals surface area contributed by atoms with Crippen molar-refractivity contribution in [2.45, 2.75) is 45.9 Å². The first kappa shape index (κ1) is 19.7. The number of ether oxygens (including phenoxy) is 2. The summed E-state index contributed by atoms with van der Waals surface area (Å²) in [6.45, 7) is 9.16. The van der Waals surface area contributed by atoms with Crippen LogP contribution in [0.2, 0.25) is 0 Å². The van der Waals surface area contributed by atoms with E-state index in [1.165, 1.54) is 30.5 Å². The summed E-state index contributed by atoms with van der Waals surface area (Å²) in [5.41, 5.74) is 3.63. The molecule has 2 aromatic rings. The summed E-state index contributed by atoms with van der Waals surface area (Å²) in [4.78, 5) is 2.57. The lowest BCUT2D eigenvalue weighted by Gasteiger charge is -2.23. The van der Waals surface area contributed by atoms with Crippen molar-refractivity contribution in [2.75, 3.05) is 26.7 Å². The molecule has 0 bridgehead atoms. The van der Waals surface area contributed by atoms with Crippen LogP contribution in [0, 0.1) is 6.92 Å². The van der Waals surface area contributed by atoms with Gasteiger partial charge in [-0.3, -0.25) is 4.90 Å². The van der Waals surface area contributed by atoms with E-state index in [0.717, 1.165) is 36.7 Å². The van der Waals surface area contributed by atoms with Gasteiger partial charge < -0.3 is 14.8 Å². The zero-order valence-electron chi connectivity index (χ0n) is 16.8. The van der Waals surface area contributed by atoms with E-state index < -0.39 is 0 Å². The van der Waals surface area contributed by atoms with E-state index in [1.54, 1.807) is 7.11 Å². The summed E-state index contributed by atoms with van der Waals surface area (Å²) in [5.74, 6) is 1.58. The normalized spacial score (nSPS) is 17.2. The Morgan fingerprint density at radius 1 is 1.07 bits per heavy atom. The quantitative estimate of drug-likeness (QED) is 0.721. The van der Waals surface area contributed by atoms with Gasteiger partial charge in [-0.15, -0.1) is 0 Å². The van der Waals surface area contributed by atoms with Crippen LogP contribution in [0.3, 0.4) is 0 Å². The molecule has 1 aliphatic heterocycles. The average molecular weight is 369 g/mol. The lowest BCUT2D eigenvalue weighted by molar-refractivity contribution is 0.260. The van der Waals surface area contributed by atoms with Gasteiger partial charge in [0.05, 0.1) is 7.11 Å². The van der Waals surface area contributed by atoms with Crippen molar-refractivity contribution in [3.8, 4) is 11.5 Å². The molecule has 27 heavy (non-hydrogen) atoms. The standard InChI is InChI=1S/C23H32N2O2/c1-4-25-13-5-6-21(25)16-24-15-20-11-12-22(23(14-20)26-3)27-17-19-9-7-18(2)8-10-19/h7-12,14,21,24H,4-6,13,15-17H2,1-3H3. The van der Waals surface area contributed by atoms with Gasteiger partial charge in [-0.05, 0) is 56.1 Å². The molecule has 1 heterocycles. The van der Waals surface area contributed by atoms with E-state index in [2.05, 4.69) is 60.5 Å². The van der Waals surface area contributed by atoms with Gasteiger partial charge in [-0.2, -0.15) is 0 Å². The van der Waals surface area contributed by atoms with Crippen molar-refractivity contribution >= 4 is 0 Å². The predicted molar refractivity (Wildman–Crippen MR) is 110 cm³/mol. The lowest BCUT2D eigenvalue weighted by Crippen LogP contribution is -2.37.